The SMILES string of the molecule is COC(=O)C[C@H](NC(=O)CNC(=O)N1CCc2ccccc2C1)c1ccc2ccccc2c1. The van der Waals surface area contributed by atoms with Crippen LogP contribution in [0, 0.1) is 0 Å². The van der Waals surface area contributed by atoms with Crippen molar-refractivity contribution in [2.45, 2.75) is 25.4 Å². The van der Waals surface area contributed by atoms with Gasteiger partial charge in [0.25, 0.3) is 0 Å². The second-order valence-electron chi connectivity index (χ2n) is 8.11. The Hall–Kier alpha value is -3.87. The van der Waals surface area contributed by atoms with Crippen LogP contribution in [0.2, 0.25) is 0 Å². The van der Waals surface area contributed by atoms with Crippen LogP contribution in [0.4, 0.5) is 4.79 Å². The summed E-state index contributed by atoms with van der Waals surface area (Å²) in [5.74, 6) is -0.799. The van der Waals surface area contributed by atoms with E-state index in [1.807, 2.05) is 60.7 Å². The highest BCUT2D eigenvalue weighted by Crippen LogP contribution is 2.23. The molecule has 2 N–H and O–H groups in total. The Morgan fingerprint density at radius 3 is 2.48 bits per heavy atom. The first-order chi connectivity index (χ1) is 16.0. The van der Waals surface area contributed by atoms with Gasteiger partial charge in [0.2, 0.25) is 5.91 Å². The van der Waals surface area contributed by atoms with Crippen LogP contribution in [0.5, 0.6) is 0 Å². The maximum atomic E-state index is 12.6. The van der Waals surface area contributed by atoms with Gasteiger partial charge in [-0.25, -0.2) is 4.79 Å². The van der Waals surface area contributed by atoms with E-state index in [0.29, 0.717) is 13.1 Å². The van der Waals surface area contributed by atoms with E-state index in [-0.39, 0.29) is 24.9 Å². The maximum absolute atomic E-state index is 12.6. The first kappa shape index (κ1) is 22.3. The lowest BCUT2D eigenvalue weighted by Crippen LogP contribution is -2.46. The first-order valence-corrected chi connectivity index (χ1v) is 11.0. The third-order valence-electron chi connectivity index (χ3n) is 5.93. The van der Waals surface area contributed by atoms with Crippen LogP contribution in [0.25, 0.3) is 10.8 Å². The highest BCUT2D eigenvalue weighted by Gasteiger charge is 2.22. The topological polar surface area (TPSA) is 87.7 Å². The van der Waals surface area contributed by atoms with Crippen molar-refractivity contribution in [3.63, 3.8) is 0 Å². The number of rotatable bonds is 6. The fourth-order valence-corrected chi connectivity index (χ4v) is 4.11. The van der Waals surface area contributed by atoms with E-state index < -0.39 is 12.0 Å². The van der Waals surface area contributed by atoms with Crippen LogP contribution in [0.15, 0.2) is 66.7 Å². The lowest BCUT2D eigenvalue weighted by atomic mass is 9.99. The fourth-order valence-electron chi connectivity index (χ4n) is 4.11. The number of esters is 1. The van der Waals surface area contributed by atoms with Gasteiger partial charge in [-0.3, -0.25) is 9.59 Å². The number of urea groups is 1. The molecule has 1 heterocycles. The van der Waals surface area contributed by atoms with Crippen LogP contribution >= 0.6 is 0 Å². The molecular weight excluding hydrogens is 418 g/mol. The fraction of sp³-hybridized carbons (Fsp3) is 0.269. The van der Waals surface area contributed by atoms with E-state index in [9.17, 15) is 14.4 Å². The summed E-state index contributed by atoms with van der Waals surface area (Å²) in [5, 5.41) is 7.64. The Kier molecular flexibility index (Phi) is 6.88. The normalized spacial score (nSPS) is 13.7. The van der Waals surface area contributed by atoms with E-state index in [2.05, 4.69) is 16.7 Å². The summed E-state index contributed by atoms with van der Waals surface area (Å²) in [6, 6.07) is 20.9. The molecule has 7 heteroatoms. The number of nitrogens with one attached hydrogen (secondary N) is 2. The van der Waals surface area contributed by atoms with Crippen molar-refractivity contribution in [2.24, 2.45) is 0 Å². The molecule has 1 aliphatic heterocycles. The zero-order valence-electron chi connectivity index (χ0n) is 18.5. The number of benzene rings is 3. The Bertz CT molecular complexity index is 1180. The summed E-state index contributed by atoms with van der Waals surface area (Å²) in [4.78, 5) is 38.9. The molecule has 1 aliphatic rings. The van der Waals surface area contributed by atoms with Gasteiger partial charge < -0.3 is 20.3 Å². The third kappa shape index (κ3) is 5.49. The maximum Gasteiger partial charge on any atom is 0.318 e. The number of ether oxygens (including phenoxy) is 1. The van der Waals surface area contributed by atoms with Gasteiger partial charge in [-0.2, -0.15) is 0 Å². The summed E-state index contributed by atoms with van der Waals surface area (Å²) < 4.78 is 4.81. The molecular formula is C26H27N3O4. The van der Waals surface area contributed by atoms with Crippen molar-refractivity contribution in [1.29, 1.82) is 0 Å². The second-order valence-corrected chi connectivity index (χ2v) is 8.11. The van der Waals surface area contributed by atoms with E-state index in [4.69, 9.17) is 4.74 Å². The Morgan fingerprint density at radius 1 is 0.970 bits per heavy atom. The smallest absolute Gasteiger partial charge is 0.318 e. The minimum Gasteiger partial charge on any atom is -0.469 e. The monoisotopic (exact) mass is 445 g/mol. The molecule has 0 aromatic heterocycles. The van der Waals surface area contributed by atoms with E-state index in [0.717, 1.165) is 28.3 Å². The van der Waals surface area contributed by atoms with Crippen LogP contribution in [0.1, 0.15) is 29.2 Å². The molecule has 7 nitrogen and oxygen atoms in total. The standard InChI is InChI=1S/C26H27N3O4/c1-33-25(31)15-23(21-11-10-18-6-2-4-8-20(18)14-21)28-24(30)16-27-26(32)29-13-12-19-7-3-5-9-22(19)17-29/h2-11,14,23H,12-13,15-17H2,1H3,(H,27,32)(H,28,30)/t23-/m0/s1. The molecule has 3 aromatic rings. The molecule has 0 saturated carbocycles. The number of hydrogen-bond acceptors (Lipinski definition) is 4. The molecule has 3 aromatic carbocycles. The van der Waals surface area contributed by atoms with Gasteiger partial charge in [-0.05, 0) is 39.9 Å². The highest BCUT2D eigenvalue weighted by atomic mass is 16.5. The summed E-state index contributed by atoms with van der Waals surface area (Å²) in [7, 11) is 1.32. The lowest BCUT2D eigenvalue weighted by Gasteiger charge is -2.29. The summed E-state index contributed by atoms with van der Waals surface area (Å²) in [5.41, 5.74) is 3.17. The number of fused-ring (bicyclic) bond motifs is 2. The second kappa shape index (κ2) is 10.2. The van der Waals surface area contributed by atoms with Gasteiger partial charge in [0.1, 0.15) is 0 Å². The zero-order valence-corrected chi connectivity index (χ0v) is 18.5. The molecule has 3 amide bonds. The van der Waals surface area contributed by atoms with Crippen molar-refractivity contribution in [2.75, 3.05) is 20.2 Å². The largest absolute Gasteiger partial charge is 0.469 e. The predicted molar refractivity (Wildman–Crippen MR) is 125 cm³/mol. The number of carbonyl (C=O) groups is 3. The van der Waals surface area contributed by atoms with Crippen LogP contribution in [-0.2, 0) is 27.3 Å². The average molecular weight is 446 g/mol. The summed E-state index contributed by atoms with van der Waals surface area (Å²) >= 11 is 0. The molecule has 0 radical (unpaired) electrons. The van der Waals surface area contributed by atoms with Gasteiger partial charge in [-0.15, -0.1) is 0 Å². The highest BCUT2D eigenvalue weighted by molar-refractivity contribution is 5.86. The van der Waals surface area contributed by atoms with Crippen LogP contribution in [0.3, 0.4) is 0 Å². The number of nitrogens with zero attached hydrogens (tertiary/aromatic N) is 1. The van der Waals surface area contributed by atoms with Gasteiger partial charge >= 0.3 is 12.0 Å². The van der Waals surface area contributed by atoms with Crippen LogP contribution in [-0.4, -0.2) is 43.0 Å². The van der Waals surface area contributed by atoms with Crippen molar-refractivity contribution in [3.8, 4) is 0 Å². The Labute approximate surface area is 192 Å². The molecule has 0 bridgehead atoms. The van der Waals surface area contributed by atoms with Crippen molar-refractivity contribution in [1.82, 2.24) is 15.5 Å². The molecule has 0 saturated heterocycles. The number of hydrogen-bond donors (Lipinski definition) is 2. The molecule has 0 unspecified atom stereocenters. The average Bonchev–Trinajstić information content (AvgIpc) is 2.86. The lowest BCUT2D eigenvalue weighted by molar-refractivity contribution is -0.141. The minimum absolute atomic E-state index is 0.00254. The van der Waals surface area contributed by atoms with E-state index >= 15 is 0 Å². The first-order valence-electron chi connectivity index (χ1n) is 11.0. The van der Waals surface area contributed by atoms with Crippen molar-refractivity contribution in [3.05, 3.63) is 83.4 Å². The van der Waals surface area contributed by atoms with Gasteiger partial charge in [0.15, 0.2) is 0 Å². The number of amides is 3. The van der Waals surface area contributed by atoms with Crippen LogP contribution < -0.4 is 10.6 Å². The molecule has 0 fully saturated rings. The molecule has 0 aliphatic carbocycles. The van der Waals surface area contributed by atoms with Gasteiger partial charge in [-0.1, -0.05) is 60.7 Å². The number of methoxy groups -OCH3 is 1. The number of carbonyl (C=O) groups excluding carboxylic acids is 3. The molecule has 0 spiro atoms. The third-order valence-corrected chi connectivity index (χ3v) is 5.93. The van der Waals surface area contributed by atoms with Crippen molar-refractivity contribution < 1.29 is 19.1 Å². The van der Waals surface area contributed by atoms with Gasteiger partial charge in [0, 0.05) is 13.1 Å². The minimum atomic E-state index is -0.562. The molecule has 4 rings (SSSR count). The molecule has 33 heavy (non-hydrogen) atoms. The quantitative estimate of drug-likeness (QED) is 0.570. The Balaban J connectivity index is 1.38. The Morgan fingerprint density at radius 2 is 1.70 bits per heavy atom. The van der Waals surface area contributed by atoms with E-state index in [1.54, 1.807) is 4.90 Å². The van der Waals surface area contributed by atoms with E-state index in [1.165, 1.54) is 12.7 Å². The predicted octanol–water partition coefficient (Wildman–Crippen LogP) is 3.33. The molecule has 170 valence electrons. The van der Waals surface area contributed by atoms with Gasteiger partial charge in [0.05, 0.1) is 26.1 Å². The summed E-state index contributed by atoms with van der Waals surface area (Å²) in [6.45, 7) is 0.945. The molecule has 1 atom stereocenters. The zero-order chi connectivity index (χ0) is 23.2. The van der Waals surface area contributed by atoms with Crippen molar-refractivity contribution >= 4 is 28.7 Å². The summed E-state index contributed by atoms with van der Waals surface area (Å²) in [6.07, 6.45) is 0.788.